The second-order valence-corrected chi connectivity index (χ2v) is 4.65. The molecule has 0 fully saturated rings. The Hall–Kier alpha value is -2.31. The van der Waals surface area contributed by atoms with Crippen molar-refractivity contribution < 1.29 is 14.7 Å². The smallest absolute Gasteiger partial charge is 0.512 e. The van der Waals surface area contributed by atoms with Crippen LogP contribution in [0.15, 0.2) is 48.5 Å². The van der Waals surface area contributed by atoms with E-state index in [1.807, 2.05) is 34.9 Å². The molecule has 1 heterocycles. The minimum absolute atomic E-state index is 0.391. The minimum atomic E-state index is -1.83. The number of hydrogen-bond acceptors (Lipinski definition) is 4. The van der Waals surface area contributed by atoms with E-state index < -0.39 is 7.32 Å². The third kappa shape index (κ3) is 2.63. The molecule has 2 aromatic carbocycles. The highest BCUT2D eigenvalue weighted by molar-refractivity contribution is 6.33. The molecule has 0 bridgehead atoms. The van der Waals surface area contributed by atoms with E-state index in [0.717, 1.165) is 29.0 Å². The zero-order valence-corrected chi connectivity index (χ0v) is 11.6. The summed E-state index contributed by atoms with van der Waals surface area (Å²) in [5.41, 5.74) is 2.82. The molecule has 0 aliphatic carbocycles. The standard InChI is InChI=1S/C15H15BN2O3/c1-2-15-17-13-8-3-4-9-14(13)18(15)11-6-5-7-12(10-11)21-16(19)20/h3-10,19-20H,2H2,1H3. The van der Waals surface area contributed by atoms with Crippen LogP contribution in [0.1, 0.15) is 12.7 Å². The van der Waals surface area contributed by atoms with Gasteiger partial charge in [0.05, 0.1) is 16.7 Å². The fourth-order valence-corrected chi connectivity index (χ4v) is 2.42. The third-order valence-electron chi connectivity index (χ3n) is 3.26. The van der Waals surface area contributed by atoms with Gasteiger partial charge in [0.2, 0.25) is 0 Å². The van der Waals surface area contributed by atoms with Gasteiger partial charge in [-0.2, -0.15) is 0 Å². The Morgan fingerprint density at radius 2 is 1.95 bits per heavy atom. The second-order valence-electron chi connectivity index (χ2n) is 4.65. The van der Waals surface area contributed by atoms with Crippen molar-refractivity contribution in [3.05, 3.63) is 54.4 Å². The first-order chi connectivity index (χ1) is 10.2. The fraction of sp³-hybridized carbons (Fsp3) is 0.133. The highest BCUT2D eigenvalue weighted by Crippen LogP contribution is 2.24. The molecule has 0 amide bonds. The van der Waals surface area contributed by atoms with Gasteiger partial charge in [0.15, 0.2) is 0 Å². The summed E-state index contributed by atoms with van der Waals surface area (Å²) >= 11 is 0. The van der Waals surface area contributed by atoms with Crippen LogP contribution in [0.5, 0.6) is 5.75 Å². The van der Waals surface area contributed by atoms with Gasteiger partial charge in [-0.25, -0.2) is 4.98 Å². The van der Waals surface area contributed by atoms with Gasteiger partial charge in [-0.1, -0.05) is 25.1 Å². The number of nitrogens with zero attached hydrogens (tertiary/aromatic N) is 2. The molecule has 0 spiro atoms. The van der Waals surface area contributed by atoms with Crippen molar-refractivity contribution in [2.75, 3.05) is 0 Å². The lowest BCUT2D eigenvalue weighted by Gasteiger charge is -2.11. The Bertz CT molecular complexity index is 770. The van der Waals surface area contributed by atoms with Crippen molar-refractivity contribution in [3.8, 4) is 11.4 Å². The first-order valence-corrected chi connectivity index (χ1v) is 6.78. The number of para-hydroxylation sites is 2. The Morgan fingerprint density at radius 1 is 1.14 bits per heavy atom. The number of aromatic nitrogens is 2. The lowest BCUT2D eigenvalue weighted by Crippen LogP contribution is -2.20. The molecule has 0 saturated carbocycles. The van der Waals surface area contributed by atoms with Gasteiger partial charge >= 0.3 is 7.32 Å². The van der Waals surface area contributed by atoms with E-state index in [4.69, 9.17) is 14.7 Å². The molecule has 0 aliphatic heterocycles. The van der Waals surface area contributed by atoms with Crippen LogP contribution in [0.3, 0.4) is 0 Å². The number of imidazole rings is 1. The van der Waals surface area contributed by atoms with E-state index in [1.165, 1.54) is 0 Å². The Labute approximate surface area is 122 Å². The van der Waals surface area contributed by atoms with Crippen molar-refractivity contribution in [1.82, 2.24) is 9.55 Å². The van der Waals surface area contributed by atoms with Gasteiger partial charge in [0.1, 0.15) is 11.6 Å². The molecule has 3 aromatic rings. The summed E-state index contributed by atoms with van der Waals surface area (Å²) in [7, 11) is -1.83. The quantitative estimate of drug-likeness (QED) is 0.717. The Morgan fingerprint density at radius 3 is 2.71 bits per heavy atom. The first-order valence-electron chi connectivity index (χ1n) is 6.78. The van der Waals surface area contributed by atoms with E-state index in [0.29, 0.717) is 5.75 Å². The predicted octanol–water partition coefficient (Wildman–Crippen LogP) is 1.94. The summed E-state index contributed by atoms with van der Waals surface area (Å²) in [6.07, 6.45) is 0.794. The average Bonchev–Trinajstić information content (AvgIpc) is 2.85. The largest absolute Gasteiger partial charge is 0.707 e. The summed E-state index contributed by atoms with van der Waals surface area (Å²) in [4.78, 5) is 4.62. The molecule has 0 saturated heterocycles. The summed E-state index contributed by atoms with van der Waals surface area (Å²) < 4.78 is 6.96. The molecule has 0 atom stereocenters. The van der Waals surface area contributed by atoms with Crippen molar-refractivity contribution in [2.45, 2.75) is 13.3 Å². The molecule has 106 valence electrons. The topological polar surface area (TPSA) is 67.5 Å². The molecule has 0 radical (unpaired) electrons. The number of benzene rings is 2. The van der Waals surface area contributed by atoms with E-state index in [9.17, 15) is 0 Å². The van der Waals surface area contributed by atoms with Gasteiger partial charge in [0.25, 0.3) is 0 Å². The minimum Gasteiger partial charge on any atom is -0.512 e. The van der Waals surface area contributed by atoms with E-state index in [1.54, 1.807) is 18.2 Å². The maximum absolute atomic E-state index is 8.91. The third-order valence-corrected chi connectivity index (χ3v) is 3.26. The molecule has 0 unspecified atom stereocenters. The molecule has 6 heteroatoms. The highest BCUT2D eigenvalue weighted by Gasteiger charge is 2.14. The summed E-state index contributed by atoms with van der Waals surface area (Å²) in [5.74, 6) is 1.33. The average molecular weight is 282 g/mol. The van der Waals surface area contributed by atoms with Gasteiger partial charge in [-0.05, 0) is 24.3 Å². The van der Waals surface area contributed by atoms with Crippen LogP contribution in [0.2, 0.25) is 0 Å². The second kappa shape index (κ2) is 5.59. The summed E-state index contributed by atoms with van der Waals surface area (Å²) in [6, 6.07) is 15.1. The number of aryl methyl sites for hydroxylation is 1. The van der Waals surface area contributed by atoms with E-state index in [-0.39, 0.29) is 0 Å². The van der Waals surface area contributed by atoms with Crippen LogP contribution >= 0.6 is 0 Å². The highest BCUT2D eigenvalue weighted by atomic mass is 16.6. The Kier molecular flexibility index (Phi) is 3.64. The van der Waals surface area contributed by atoms with Crippen LogP contribution in [-0.4, -0.2) is 26.9 Å². The van der Waals surface area contributed by atoms with Crippen LogP contribution < -0.4 is 4.65 Å². The summed E-state index contributed by atoms with van der Waals surface area (Å²) in [5, 5.41) is 17.8. The number of rotatable bonds is 4. The zero-order valence-electron chi connectivity index (χ0n) is 11.6. The molecule has 2 N–H and O–H groups in total. The van der Waals surface area contributed by atoms with Crippen molar-refractivity contribution in [2.24, 2.45) is 0 Å². The van der Waals surface area contributed by atoms with Crippen molar-refractivity contribution >= 4 is 18.4 Å². The molecule has 1 aromatic heterocycles. The van der Waals surface area contributed by atoms with Gasteiger partial charge < -0.3 is 14.7 Å². The lowest BCUT2D eigenvalue weighted by molar-refractivity contribution is 0.288. The van der Waals surface area contributed by atoms with Crippen LogP contribution in [0.4, 0.5) is 0 Å². The van der Waals surface area contributed by atoms with Crippen LogP contribution in [0, 0.1) is 0 Å². The zero-order chi connectivity index (χ0) is 14.8. The van der Waals surface area contributed by atoms with Crippen LogP contribution in [-0.2, 0) is 6.42 Å². The molecular weight excluding hydrogens is 267 g/mol. The molecule has 0 aliphatic rings. The number of fused-ring (bicyclic) bond motifs is 1. The molecule has 3 rings (SSSR count). The van der Waals surface area contributed by atoms with Gasteiger partial charge in [0, 0.05) is 12.5 Å². The van der Waals surface area contributed by atoms with E-state index in [2.05, 4.69) is 11.9 Å². The Balaban J connectivity index is 2.15. The molecule has 5 nitrogen and oxygen atoms in total. The first kappa shape index (κ1) is 13.7. The SMILES string of the molecule is CCc1nc2ccccc2n1-c1cccc(OB(O)O)c1. The van der Waals surface area contributed by atoms with Gasteiger partial charge in [-0.15, -0.1) is 0 Å². The maximum atomic E-state index is 8.91. The van der Waals surface area contributed by atoms with Crippen LogP contribution in [0.25, 0.3) is 16.7 Å². The fourth-order valence-electron chi connectivity index (χ4n) is 2.42. The monoisotopic (exact) mass is 282 g/mol. The predicted molar refractivity (Wildman–Crippen MR) is 81.3 cm³/mol. The summed E-state index contributed by atoms with van der Waals surface area (Å²) in [6.45, 7) is 2.05. The lowest BCUT2D eigenvalue weighted by atomic mass is 10.2. The van der Waals surface area contributed by atoms with Crippen molar-refractivity contribution in [1.29, 1.82) is 0 Å². The van der Waals surface area contributed by atoms with E-state index >= 15 is 0 Å². The molecular formula is C15H15BN2O3. The van der Waals surface area contributed by atoms with Gasteiger partial charge in [-0.3, -0.25) is 4.57 Å². The number of hydrogen-bond donors (Lipinski definition) is 2. The normalized spacial score (nSPS) is 10.8. The van der Waals surface area contributed by atoms with Crippen molar-refractivity contribution in [3.63, 3.8) is 0 Å². The maximum Gasteiger partial charge on any atom is 0.707 e. The molecule has 21 heavy (non-hydrogen) atoms.